The van der Waals surface area contributed by atoms with Gasteiger partial charge >= 0.3 is 6.03 Å². The normalized spacial score (nSPS) is 16.1. The predicted octanol–water partition coefficient (Wildman–Crippen LogP) is 3.02. The lowest BCUT2D eigenvalue weighted by molar-refractivity contribution is 0.211. The van der Waals surface area contributed by atoms with Gasteiger partial charge in [0.15, 0.2) is 5.13 Å². The second-order valence-electron chi connectivity index (χ2n) is 5.51. The maximum Gasteiger partial charge on any atom is 0.323 e. The third-order valence-electron chi connectivity index (χ3n) is 3.84. The first-order valence-corrected chi connectivity index (χ1v) is 8.51. The van der Waals surface area contributed by atoms with Gasteiger partial charge in [-0.3, -0.25) is 10.2 Å². The summed E-state index contributed by atoms with van der Waals surface area (Å²) in [6, 6.07) is 6.51. The van der Waals surface area contributed by atoms with Crippen molar-refractivity contribution in [2.45, 2.75) is 13.0 Å². The summed E-state index contributed by atoms with van der Waals surface area (Å²) in [6.45, 7) is 3.93. The quantitative estimate of drug-likeness (QED) is 0.939. The highest BCUT2D eigenvalue weighted by Gasteiger charge is 2.19. The van der Waals surface area contributed by atoms with Crippen molar-refractivity contribution in [1.82, 2.24) is 14.8 Å². The topological polar surface area (TPSA) is 48.5 Å². The Morgan fingerprint density at radius 1 is 1.22 bits per heavy atom. The van der Waals surface area contributed by atoms with E-state index in [1.165, 1.54) is 23.5 Å². The van der Waals surface area contributed by atoms with Gasteiger partial charge in [0.2, 0.25) is 0 Å². The molecule has 0 spiro atoms. The molecule has 0 saturated carbocycles. The van der Waals surface area contributed by atoms with Crippen LogP contribution < -0.4 is 5.32 Å². The highest BCUT2D eigenvalue weighted by atomic mass is 32.1. The molecule has 2 amide bonds. The molecule has 1 fully saturated rings. The first-order valence-electron chi connectivity index (χ1n) is 7.63. The third-order valence-corrected chi connectivity index (χ3v) is 4.53. The zero-order valence-corrected chi connectivity index (χ0v) is 13.6. The van der Waals surface area contributed by atoms with Gasteiger partial charge in [-0.15, -0.1) is 11.3 Å². The molecule has 122 valence electrons. The van der Waals surface area contributed by atoms with Gasteiger partial charge in [0.1, 0.15) is 5.82 Å². The smallest absolute Gasteiger partial charge is 0.323 e. The fraction of sp³-hybridized carbons (Fsp3) is 0.375. The van der Waals surface area contributed by atoms with Crippen LogP contribution in [0.2, 0.25) is 0 Å². The summed E-state index contributed by atoms with van der Waals surface area (Å²) in [7, 11) is 0. The number of hydrogen-bond donors (Lipinski definition) is 1. The van der Waals surface area contributed by atoms with Crippen LogP contribution in [0.5, 0.6) is 0 Å². The van der Waals surface area contributed by atoms with E-state index in [4.69, 9.17) is 0 Å². The van der Waals surface area contributed by atoms with E-state index in [0.29, 0.717) is 11.7 Å². The van der Waals surface area contributed by atoms with Gasteiger partial charge in [0.05, 0.1) is 0 Å². The van der Waals surface area contributed by atoms with Crippen LogP contribution >= 0.6 is 11.3 Å². The maximum atomic E-state index is 13.0. The van der Waals surface area contributed by atoms with Crippen molar-refractivity contribution < 1.29 is 9.18 Å². The SMILES string of the molecule is O=C(Nc1nccs1)N1CCCN(Cc2ccc(F)cc2)CC1. The summed E-state index contributed by atoms with van der Waals surface area (Å²) < 4.78 is 13.0. The van der Waals surface area contributed by atoms with Crippen molar-refractivity contribution in [1.29, 1.82) is 0 Å². The molecule has 0 atom stereocenters. The molecule has 3 rings (SSSR count). The van der Waals surface area contributed by atoms with Crippen LogP contribution in [0.4, 0.5) is 14.3 Å². The molecule has 0 bridgehead atoms. The molecule has 0 aliphatic carbocycles. The van der Waals surface area contributed by atoms with Gasteiger partial charge in [0.25, 0.3) is 0 Å². The maximum absolute atomic E-state index is 13.0. The van der Waals surface area contributed by atoms with E-state index in [0.717, 1.165) is 38.2 Å². The highest BCUT2D eigenvalue weighted by molar-refractivity contribution is 7.13. The molecule has 1 aliphatic rings. The minimum atomic E-state index is -0.213. The Labute approximate surface area is 138 Å². The summed E-state index contributed by atoms with van der Waals surface area (Å²) in [6.07, 6.45) is 2.60. The first kappa shape index (κ1) is 15.9. The van der Waals surface area contributed by atoms with Crippen molar-refractivity contribution in [3.05, 3.63) is 47.2 Å². The lowest BCUT2D eigenvalue weighted by Gasteiger charge is -2.22. The number of carbonyl (C=O) groups is 1. The predicted molar refractivity (Wildman–Crippen MR) is 89.0 cm³/mol. The number of urea groups is 1. The Kier molecular flexibility index (Phi) is 5.19. The van der Waals surface area contributed by atoms with Crippen molar-refractivity contribution >= 4 is 22.5 Å². The Morgan fingerprint density at radius 3 is 2.78 bits per heavy atom. The standard InChI is InChI=1S/C16H19FN4OS/c17-14-4-2-13(3-5-14)12-20-7-1-8-21(10-9-20)16(22)19-15-18-6-11-23-15/h2-6,11H,1,7-10,12H2,(H,18,19,22). The Morgan fingerprint density at radius 2 is 2.04 bits per heavy atom. The molecular weight excluding hydrogens is 315 g/mol. The molecule has 1 saturated heterocycles. The fourth-order valence-corrected chi connectivity index (χ4v) is 3.15. The van der Waals surface area contributed by atoms with Gasteiger partial charge in [-0.05, 0) is 24.1 Å². The second kappa shape index (κ2) is 7.52. The molecule has 1 aliphatic heterocycles. The fourth-order valence-electron chi connectivity index (χ4n) is 2.64. The van der Waals surface area contributed by atoms with E-state index in [9.17, 15) is 9.18 Å². The number of amides is 2. The Bertz CT molecular complexity index is 632. The van der Waals surface area contributed by atoms with E-state index < -0.39 is 0 Å². The molecule has 2 aromatic rings. The van der Waals surface area contributed by atoms with Crippen molar-refractivity contribution in [2.75, 3.05) is 31.5 Å². The average molecular weight is 334 g/mol. The van der Waals surface area contributed by atoms with E-state index >= 15 is 0 Å². The van der Waals surface area contributed by atoms with E-state index in [2.05, 4.69) is 15.2 Å². The summed E-state index contributed by atoms with van der Waals surface area (Å²) >= 11 is 1.41. The van der Waals surface area contributed by atoms with Crippen LogP contribution in [0.25, 0.3) is 0 Å². The number of anilines is 1. The van der Waals surface area contributed by atoms with Gasteiger partial charge in [-0.2, -0.15) is 0 Å². The number of benzene rings is 1. The second-order valence-corrected chi connectivity index (χ2v) is 6.41. The van der Waals surface area contributed by atoms with Crippen LogP contribution in [-0.2, 0) is 6.54 Å². The number of thiazole rings is 1. The number of aromatic nitrogens is 1. The van der Waals surface area contributed by atoms with Gasteiger partial charge in [0, 0.05) is 44.3 Å². The highest BCUT2D eigenvalue weighted by Crippen LogP contribution is 2.13. The zero-order valence-electron chi connectivity index (χ0n) is 12.7. The first-order chi connectivity index (χ1) is 11.2. The summed E-state index contributed by atoms with van der Waals surface area (Å²) in [5, 5.41) is 5.29. The Balaban J connectivity index is 1.52. The number of carbonyl (C=O) groups excluding carboxylic acids is 1. The van der Waals surface area contributed by atoms with E-state index in [-0.39, 0.29) is 11.8 Å². The lowest BCUT2D eigenvalue weighted by atomic mass is 10.2. The van der Waals surface area contributed by atoms with Crippen LogP contribution in [0.1, 0.15) is 12.0 Å². The monoisotopic (exact) mass is 334 g/mol. The van der Waals surface area contributed by atoms with Crippen LogP contribution in [-0.4, -0.2) is 47.0 Å². The van der Waals surface area contributed by atoms with E-state index in [1.54, 1.807) is 6.20 Å². The molecular formula is C16H19FN4OS. The molecule has 0 radical (unpaired) electrons. The van der Waals surface area contributed by atoms with Crippen molar-refractivity contribution in [3.63, 3.8) is 0 Å². The summed E-state index contributed by atoms with van der Waals surface area (Å²) in [5.41, 5.74) is 1.09. The van der Waals surface area contributed by atoms with Gasteiger partial charge < -0.3 is 4.90 Å². The number of halogens is 1. The molecule has 5 nitrogen and oxygen atoms in total. The van der Waals surface area contributed by atoms with Crippen LogP contribution in [0.15, 0.2) is 35.8 Å². The molecule has 23 heavy (non-hydrogen) atoms. The molecule has 1 aromatic carbocycles. The van der Waals surface area contributed by atoms with Crippen LogP contribution in [0.3, 0.4) is 0 Å². The third kappa shape index (κ3) is 4.49. The lowest BCUT2D eigenvalue weighted by Crippen LogP contribution is -2.38. The number of nitrogens with zero attached hydrogens (tertiary/aromatic N) is 3. The molecule has 2 heterocycles. The summed E-state index contributed by atoms with van der Waals surface area (Å²) in [4.78, 5) is 20.4. The average Bonchev–Trinajstić information content (AvgIpc) is 2.94. The van der Waals surface area contributed by atoms with E-state index in [1.807, 2.05) is 22.4 Å². The minimum absolute atomic E-state index is 0.0939. The van der Waals surface area contributed by atoms with Gasteiger partial charge in [-0.1, -0.05) is 12.1 Å². The van der Waals surface area contributed by atoms with Crippen LogP contribution in [0, 0.1) is 5.82 Å². The molecule has 1 N–H and O–H groups in total. The van der Waals surface area contributed by atoms with Gasteiger partial charge in [-0.25, -0.2) is 14.2 Å². The number of hydrogen-bond acceptors (Lipinski definition) is 4. The largest absolute Gasteiger partial charge is 0.323 e. The molecule has 0 unspecified atom stereocenters. The molecule has 1 aromatic heterocycles. The zero-order chi connectivity index (χ0) is 16.1. The minimum Gasteiger partial charge on any atom is -0.323 e. The van der Waals surface area contributed by atoms with Crippen molar-refractivity contribution in [3.8, 4) is 0 Å². The Hall–Kier alpha value is -1.99. The number of nitrogens with one attached hydrogen (secondary N) is 1. The number of rotatable bonds is 3. The summed E-state index contributed by atoms with van der Waals surface area (Å²) in [5.74, 6) is -0.213. The molecule has 7 heteroatoms. The van der Waals surface area contributed by atoms with Crippen molar-refractivity contribution in [2.24, 2.45) is 0 Å².